The van der Waals surface area contributed by atoms with Gasteiger partial charge in [0, 0.05) is 11.6 Å². The average Bonchev–Trinajstić information content (AvgIpc) is 2.18. The maximum absolute atomic E-state index is 13.1. The van der Waals surface area contributed by atoms with Gasteiger partial charge in [-0.3, -0.25) is 4.79 Å². The highest BCUT2D eigenvalue weighted by Gasteiger charge is 2.07. The molecule has 1 amide bonds. The summed E-state index contributed by atoms with van der Waals surface area (Å²) in [4.78, 5) is 10.4. The van der Waals surface area contributed by atoms with Crippen LogP contribution in [0.1, 0.15) is 11.1 Å². The van der Waals surface area contributed by atoms with Gasteiger partial charge in [0.25, 0.3) is 0 Å². The molecular weight excluding hydrogens is 202 g/mol. The van der Waals surface area contributed by atoms with Gasteiger partial charge < -0.3 is 5.73 Å². The van der Waals surface area contributed by atoms with Crippen molar-refractivity contribution >= 4 is 12.0 Å². The van der Waals surface area contributed by atoms with Crippen LogP contribution in [0.5, 0.6) is 0 Å². The second kappa shape index (κ2) is 4.33. The molecule has 0 fully saturated rings. The topological polar surface area (TPSA) is 66.9 Å². The van der Waals surface area contributed by atoms with Gasteiger partial charge in [-0.05, 0) is 18.2 Å². The van der Waals surface area contributed by atoms with Gasteiger partial charge in [0.15, 0.2) is 0 Å². The molecule has 76 valence electrons. The third-order valence-electron chi connectivity index (χ3n) is 1.63. The van der Waals surface area contributed by atoms with E-state index in [0.717, 1.165) is 24.3 Å². The second-order valence-corrected chi connectivity index (χ2v) is 2.70. The minimum Gasteiger partial charge on any atom is -0.366 e. The van der Waals surface area contributed by atoms with Crippen molar-refractivity contribution in [3.63, 3.8) is 0 Å². The van der Waals surface area contributed by atoms with Crippen LogP contribution in [-0.2, 0) is 4.79 Å². The number of primary amides is 1. The quantitative estimate of drug-likeness (QED) is 0.745. The van der Waals surface area contributed by atoms with Crippen molar-refractivity contribution in [2.45, 2.75) is 0 Å². The molecule has 0 heterocycles. The van der Waals surface area contributed by atoms with E-state index in [1.165, 1.54) is 6.07 Å². The number of benzene rings is 1. The van der Waals surface area contributed by atoms with Gasteiger partial charge in [0.05, 0.1) is 5.56 Å². The molecule has 5 heteroatoms. The van der Waals surface area contributed by atoms with Crippen LogP contribution in [0.2, 0.25) is 0 Å². The maximum Gasteiger partial charge on any atom is 0.241 e. The van der Waals surface area contributed by atoms with Gasteiger partial charge in [-0.1, -0.05) is 0 Å². The summed E-state index contributed by atoms with van der Waals surface area (Å²) >= 11 is 0. The Bertz CT molecular complexity index is 475. The molecule has 0 spiro atoms. The number of hydrogen-bond acceptors (Lipinski definition) is 2. The van der Waals surface area contributed by atoms with Crippen LogP contribution in [0.25, 0.3) is 6.08 Å². The Morgan fingerprint density at radius 1 is 1.40 bits per heavy atom. The third kappa shape index (κ3) is 2.61. The lowest BCUT2D eigenvalue weighted by Crippen LogP contribution is -2.05. The SMILES string of the molecule is N#Cc1cc(F)c(C=CC(N)=O)cc1F. The molecule has 1 aromatic carbocycles. The van der Waals surface area contributed by atoms with E-state index in [0.29, 0.717) is 0 Å². The van der Waals surface area contributed by atoms with Crippen molar-refractivity contribution in [3.8, 4) is 6.07 Å². The lowest BCUT2D eigenvalue weighted by Gasteiger charge is -1.98. The van der Waals surface area contributed by atoms with Gasteiger partial charge in [-0.2, -0.15) is 5.26 Å². The summed E-state index contributed by atoms with van der Waals surface area (Å²) in [6.45, 7) is 0. The Morgan fingerprint density at radius 2 is 2.07 bits per heavy atom. The Labute approximate surface area is 84.4 Å². The molecule has 0 saturated carbocycles. The van der Waals surface area contributed by atoms with E-state index in [2.05, 4.69) is 0 Å². The standard InChI is InChI=1S/C10H6F2N2O/c11-8-4-7(5-13)9(12)3-6(8)1-2-10(14)15/h1-4H,(H2,14,15). The molecule has 2 N–H and O–H groups in total. The molecule has 15 heavy (non-hydrogen) atoms. The maximum atomic E-state index is 13.1. The van der Waals surface area contributed by atoms with Crippen molar-refractivity contribution in [2.24, 2.45) is 5.73 Å². The van der Waals surface area contributed by atoms with Crippen molar-refractivity contribution in [1.29, 1.82) is 5.26 Å². The zero-order valence-corrected chi connectivity index (χ0v) is 7.50. The Kier molecular flexibility index (Phi) is 3.13. The number of carbonyl (C=O) groups excluding carboxylic acids is 1. The average molecular weight is 208 g/mol. The molecule has 0 atom stereocenters. The molecule has 0 bridgehead atoms. The molecular formula is C10H6F2N2O. The van der Waals surface area contributed by atoms with E-state index in [1.54, 1.807) is 0 Å². The number of amides is 1. The molecule has 0 unspecified atom stereocenters. The van der Waals surface area contributed by atoms with E-state index in [-0.39, 0.29) is 11.1 Å². The van der Waals surface area contributed by atoms with Crippen molar-refractivity contribution < 1.29 is 13.6 Å². The van der Waals surface area contributed by atoms with Crippen LogP contribution >= 0.6 is 0 Å². The minimum atomic E-state index is -0.844. The van der Waals surface area contributed by atoms with Crippen molar-refractivity contribution in [1.82, 2.24) is 0 Å². The Balaban J connectivity index is 3.18. The van der Waals surface area contributed by atoms with Crippen LogP contribution in [0.4, 0.5) is 8.78 Å². The predicted octanol–water partition coefficient (Wildman–Crippen LogP) is 1.33. The minimum absolute atomic E-state index is 0.134. The van der Waals surface area contributed by atoms with E-state index in [4.69, 9.17) is 11.0 Å². The first-order valence-electron chi connectivity index (χ1n) is 3.91. The fraction of sp³-hybridized carbons (Fsp3) is 0. The fourth-order valence-corrected chi connectivity index (χ4v) is 0.948. The van der Waals surface area contributed by atoms with E-state index < -0.39 is 17.5 Å². The Hall–Kier alpha value is -2.22. The van der Waals surface area contributed by atoms with Gasteiger partial charge >= 0.3 is 0 Å². The van der Waals surface area contributed by atoms with Crippen molar-refractivity contribution in [3.05, 3.63) is 41.0 Å². The first-order chi connectivity index (χ1) is 7.04. The molecule has 0 aliphatic heterocycles. The van der Waals surface area contributed by atoms with Crippen LogP contribution in [0, 0.1) is 23.0 Å². The van der Waals surface area contributed by atoms with Gasteiger partial charge in [-0.25, -0.2) is 8.78 Å². The van der Waals surface area contributed by atoms with Crippen LogP contribution in [0.3, 0.4) is 0 Å². The number of nitrogens with zero attached hydrogens (tertiary/aromatic N) is 1. The van der Waals surface area contributed by atoms with Crippen LogP contribution < -0.4 is 5.73 Å². The lowest BCUT2D eigenvalue weighted by atomic mass is 10.1. The number of hydrogen-bond donors (Lipinski definition) is 1. The van der Waals surface area contributed by atoms with Gasteiger partial charge in [0.1, 0.15) is 17.7 Å². The molecule has 0 saturated heterocycles. The smallest absolute Gasteiger partial charge is 0.241 e. The largest absolute Gasteiger partial charge is 0.366 e. The summed E-state index contributed by atoms with van der Waals surface area (Å²) < 4.78 is 26.2. The predicted molar refractivity (Wildman–Crippen MR) is 49.3 cm³/mol. The zero-order valence-electron chi connectivity index (χ0n) is 7.50. The summed E-state index contributed by atoms with van der Waals surface area (Å²) in [7, 11) is 0. The number of carbonyl (C=O) groups is 1. The molecule has 1 rings (SSSR count). The summed E-state index contributed by atoms with van der Waals surface area (Å²) in [6.07, 6.45) is 1.95. The van der Waals surface area contributed by atoms with Gasteiger partial charge in [-0.15, -0.1) is 0 Å². The van der Waals surface area contributed by atoms with Gasteiger partial charge in [0.2, 0.25) is 5.91 Å². The highest BCUT2D eigenvalue weighted by molar-refractivity contribution is 5.90. The third-order valence-corrected chi connectivity index (χ3v) is 1.63. The summed E-state index contributed by atoms with van der Waals surface area (Å²) in [5, 5.41) is 8.40. The zero-order chi connectivity index (χ0) is 11.4. The molecule has 0 aliphatic rings. The number of halogens is 2. The highest BCUT2D eigenvalue weighted by Crippen LogP contribution is 2.15. The number of nitriles is 1. The lowest BCUT2D eigenvalue weighted by molar-refractivity contribution is -0.113. The number of rotatable bonds is 2. The first-order valence-corrected chi connectivity index (χ1v) is 3.91. The monoisotopic (exact) mass is 208 g/mol. The molecule has 0 radical (unpaired) electrons. The van der Waals surface area contributed by atoms with E-state index >= 15 is 0 Å². The Morgan fingerprint density at radius 3 is 2.60 bits per heavy atom. The highest BCUT2D eigenvalue weighted by atomic mass is 19.1. The van der Waals surface area contributed by atoms with Crippen molar-refractivity contribution in [2.75, 3.05) is 0 Å². The molecule has 3 nitrogen and oxygen atoms in total. The summed E-state index contributed by atoms with van der Waals surface area (Å²) in [6, 6.07) is 3.08. The summed E-state index contributed by atoms with van der Waals surface area (Å²) in [5.74, 6) is -2.40. The fourth-order valence-electron chi connectivity index (χ4n) is 0.948. The van der Waals surface area contributed by atoms with Crippen LogP contribution in [0.15, 0.2) is 18.2 Å². The van der Waals surface area contributed by atoms with E-state index in [1.807, 2.05) is 0 Å². The normalized spacial score (nSPS) is 10.2. The first kappa shape index (κ1) is 10.9. The molecule has 0 aromatic heterocycles. The second-order valence-electron chi connectivity index (χ2n) is 2.70. The number of nitrogens with two attached hydrogens (primary N) is 1. The molecule has 1 aromatic rings. The summed E-state index contributed by atoms with van der Waals surface area (Å²) in [5.41, 5.74) is 4.27. The van der Waals surface area contributed by atoms with E-state index in [9.17, 15) is 13.6 Å². The van der Waals surface area contributed by atoms with Crippen LogP contribution in [-0.4, -0.2) is 5.91 Å². The molecule has 0 aliphatic carbocycles.